The Morgan fingerprint density at radius 2 is 1.68 bits per heavy atom. The Morgan fingerprint density at radius 1 is 1.04 bits per heavy atom. The van der Waals surface area contributed by atoms with Gasteiger partial charge < -0.3 is 14.6 Å². The number of ether oxygens (including phenoxy) is 1. The van der Waals surface area contributed by atoms with Gasteiger partial charge in [0.2, 0.25) is 0 Å². The fourth-order valence-electron chi connectivity index (χ4n) is 2.81. The fraction of sp³-hybridized carbons (Fsp3) is 0.143. The predicted octanol–water partition coefficient (Wildman–Crippen LogP) is 5.31. The summed E-state index contributed by atoms with van der Waals surface area (Å²) in [5.74, 6) is -1.00. The Morgan fingerprint density at radius 3 is 2.29 bits per heavy atom. The molecular formula is C21H18BrClN2O3. The molecule has 144 valence electrons. The van der Waals surface area contributed by atoms with Crippen LogP contribution in [0.4, 0.5) is 5.69 Å². The second kappa shape index (κ2) is 8.63. The number of halogens is 2. The molecule has 1 heterocycles. The maximum absolute atomic E-state index is 12.2. The van der Waals surface area contributed by atoms with Crippen LogP contribution in [-0.2, 0) is 9.53 Å². The zero-order valence-corrected chi connectivity index (χ0v) is 17.7. The van der Waals surface area contributed by atoms with Crippen LogP contribution in [0.2, 0.25) is 5.02 Å². The molecule has 0 unspecified atom stereocenters. The van der Waals surface area contributed by atoms with Crippen LogP contribution in [0.1, 0.15) is 21.7 Å². The predicted molar refractivity (Wildman–Crippen MR) is 113 cm³/mol. The Hall–Kier alpha value is -2.57. The third-order valence-corrected chi connectivity index (χ3v) is 5.40. The summed E-state index contributed by atoms with van der Waals surface area (Å²) >= 11 is 9.27. The van der Waals surface area contributed by atoms with Crippen molar-refractivity contribution in [2.24, 2.45) is 0 Å². The van der Waals surface area contributed by atoms with Gasteiger partial charge in [0.1, 0.15) is 0 Å². The van der Waals surface area contributed by atoms with Crippen LogP contribution in [0.25, 0.3) is 5.69 Å². The first-order valence-corrected chi connectivity index (χ1v) is 9.69. The van der Waals surface area contributed by atoms with Crippen molar-refractivity contribution in [1.29, 1.82) is 0 Å². The molecular weight excluding hydrogens is 444 g/mol. The zero-order valence-electron chi connectivity index (χ0n) is 15.3. The number of benzene rings is 2. The molecule has 3 aromatic rings. The first kappa shape index (κ1) is 20.2. The number of nitrogens with one attached hydrogen (secondary N) is 1. The highest BCUT2D eigenvalue weighted by molar-refractivity contribution is 9.10. The monoisotopic (exact) mass is 460 g/mol. The van der Waals surface area contributed by atoms with E-state index < -0.39 is 11.9 Å². The van der Waals surface area contributed by atoms with E-state index in [0.717, 1.165) is 21.5 Å². The molecule has 0 saturated heterocycles. The van der Waals surface area contributed by atoms with Crippen LogP contribution in [0.3, 0.4) is 0 Å². The second-order valence-corrected chi connectivity index (χ2v) is 7.51. The Bertz CT molecular complexity index is 1010. The van der Waals surface area contributed by atoms with E-state index >= 15 is 0 Å². The topological polar surface area (TPSA) is 60.3 Å². The van der Waals surface area contributed by atoms with Crippen molar-refractivity contribution in [2.75, 3.05) is 11.9 Å². The van der Waals surface area contributed by atoms with E-state index in [4.69, 9.17) is 16.3 Å². The molecule has 0 spiro atoms. The van der Waals surface area contributed by atoms with Gasteiger partial charge in [-0.1, -0.05) is 11.6 Å². The van der Waals surface area contributed by atoms with Crippen molar-refractivity contribution in [3.05, 3.63) is 81.0 Å². The number of amides is 1. The molecule has 1 aromatic heterocycles. The Balaban J connectivity index is 1.58. The van der Waals surface area contributed by atoms with Gasteiger partial charge in [-0.15, -0.1) is 0 Å². The molecule has 2 aromatic carbocycles. The summed E-state index contributed by atoms with van der Waals surface area (Å²) in [6.07, 6.45) is 0. The largest absolute Gasteiger partial charge is 0.452 e. The summed E-state index contributed by atoms with van der Waals surface area (Å²) in [5, 5.41) is 3.11. The number of carbonyl (C=O) groups is 2. The summed E-state index contributed by atoms with van der Waals surface area (Å²) in [7, 11) is 0. The van der Waals surface area contributed by atoms with E-state index in [1.165, 1.54) is 0 Å². The van der Waals surface area contributed by atoms with Gasteiger partial charge in [0.15, 0.2) is 6.61 Å². The van der Waals surface area contributed by atoms with Crippen LogP contribution >= 0.6 is 27.5 Å². The van der Waals surface area contributed by atoms with Crippen molar-refractivity contribution >= 4 is 45.1 Å². The number of esters is 1. The molecule has 0 saturated carbocycles. The second-order valence-electron chi connectivity index (χ2n) is 6.25. The molecule has 5 nitrogen and oxygen atoms in total. The molecule has 0 fully saturated rings. The number of aryl methyl sites for hydroxylation is 2. The number of rotatable bonds is 5. The number of hydrogen-bond acceptors (Lipinski definition) is 3. The van der Waals surface area contributed by atoms with E-state index in [9.17, 15) is 9.59 Å². The minimum absolute atomic E-state index is 0.380. The van der Waals surface area contributed by atoms with Crippen LogP contribution in [0.15, 0.2) is 59.1 Å². The summed E-state index contributed by atoms with van der Waals surface area (Å²) in [6, 6.07) is 16.2. The van der Waals surface area contributed by atoms with Crippen LogP contribution in [0.5, 0.6) is 0 Å². The number of anilines is 1. The third kappa shape index (κ3) is 4.64. The molecule has 1 N–H and O–H groups in total. The van der Waals surface area contributed by atoms with Gasteiger partial charge in [-0.05, 0) is 84.4 Å². The standard InChI is InChI=1S/C21H18BrClN2O3/c1-13-3-4-14(2)25(13)17-8-5-15(6-9-17)21(27)28-12-20(26)24-16-7-10-18(22)19(23)11-16/h3-11H,12H2,1-2H3,(H,24,26). The van der Waals surface area contributed by atoms with Crippen LogP contribution in [0, 0.1) is 13.8 Å². The number of hydrogen-bond donors (Lipinski definition) is 1. The molecule has 0 atom stereocenters. The minimum atomic E-state index is -0.559. The van der Waals surface area contributed by atoms with Gasteiger partial charge in [0.25, 0.3) is 5.91 Å². The maximum atomic E-state index is 12.2. The fourth-order valence-corrected chi connectivity index (χ4v) is 3.23. The van der Waals surface area contributed by atoms with E-state index in [0.29, 0.717) is 16.3 Å². The molecule has 1 amide bonds. The molecule has 0 radical (unpaired) electrons. The van der Waals surface area contributed by atoms with Crippen molar-refractivity contribution in [2.45, 2.75) is 13.8 Å². The maximum Gasteiger partial charge on any atom is 0.338 e. The first-order chi connectivity index (χ1) is 13.3. The van der Waals surface area contributed by atoms with Gasteiger partial charge >= 0.3 is 5.97 Å². The van der Waals surface area contributed by atoms with E-state index in [2.05, 4.69) is 25.8 Å². The Labute approximate surface area is 176 Å². The van der Waals surface area contributed by atoms with Gasteiger partial charge in [-0.3, -0.25) is 4.79 Å². The summed E-state index contributed by atoms with van der Waals surface area (Å²) in [5.41, 5.74) is 4.08. The lowest BCUT2D eigenvalue weighted by Crippen LogP contribution is -2.21. The highest BCUT2D eigenvalue weighted by Gasteiger charge is 2.12. The van der Waals surface area contributed by atoms with Gasteiger partial charge in [-0.25, -0.2) is 4.79 Å². The van der Waals surface area contributed by atoms with E-state index in [-0.39, 0.29) is 6.61 Å². The van der Waals surface area contributed by atoms with Gasteiger partial charge in [0.05, 0.1) is 10.6 Å². The minimum Gasteiger partial charge on any atom is -0.452 e. The number of carbonyl (C=O) groups excluding carboxylic acids is 2. The SMILES string of the molecule is Cc1ccc(C)n1-c1ccc(C(=O)OCC(=O)Nc2ccc(Br)c(Cl)c2)cc1. The number of nitrogens with zero attached hydrogens (tertiary/aromatic N) is 1. The molecule has 28 heavy (non-hydrogen) atoms. The lowest BCUT2D eigenvalue weighted by atomic mass is 10.2. The third-order valence-electron chi connectivity index (χ3n) is 4.17. The van der Waals surface area contributed by atoms with Gasteiger partial charge in [-0.2, -0.15) is 0 Å². The molecule has 3 rings (SSSR count). The summed E-state index contributed by atoms with van der Waals surface area (Å²) in [6.45, 7) is 3.66. The average molecular weight is 462 g/mol. The molecule has 0 aliphatic rings. The van der Waals surface area contributed by atoms with Crippen molar-refractivity contribution in [1.82, 2.24) is 4.57 Å². The van der Waals surface area contributed by atoms with Crippen molar-refractivity contribution < 1.29 is 14.3 Å². The smallest absolute Gasteiger partial charge is 0.338 e. The van der Waals surface area contributed by atoms with Crippen molar-refractivity contribution in [3.63, 3.8) is 0 Å². The molecule has 7 heteroatoms. The highest BCUT2D eigenvalue weighted by atomic mass is 79.9. The molecule has 0 bridgehead atoms. The molecule has 0 aliphatic heterocycles. The van der Waals surface area contributed by atoms with Crippen LogP contribution in [-0.4, -0.2) is 23.1 Å². The van der Waals surface area contributed by atoms with Gasteiger partial charge in [0, 0.05) is 27.2 Å². The summed E-state index contributed by atoms with van der Waals surface area (Å²) < 4.78 is 7.91. The summed E-state index contributed by atoms with van der Waals surface area (Å²) in [4.78, 5) is 24.2. The van der Waals surface area contributed by atoms with E-state index in [1.807, 2.05) is 38.1 Å². The van der Waals surface area contributed by atoms with Crippen molar-refractivity contribution in [3.8, 4) is 5.69 Å². The zero-order chi connectivity index (χ0) is 20.3. The first-order valence-electron chi connectivity index (χ1n) is 8.52. The lowest BCUT2D eigenvalue weighted by molar-refractivity contribution is -0.119. The quantitative estimate of drug-likeness (QED) is 0.524. The lowest BCUT2D eigenvalue weighted by Gasteiger charge is -2.10. The normalized spacial score (nSPS) is 10.6. The molecule has 0 aliphatic carbocycles. The van der Waals surface area contributed by atoms with Crippen LogP contribution < -0.4 is 5.32 Å². The Kier molecular flexibility index (Phi) is 6.21. The van der Waals surface area contributed by atoms with E-state index in [1.54, 1.807) is 30.3 Å². The average Bonchev–Trinajstić information content (AvgIpc) is 3.01. The highest BCUT2D eigenvalue weighted by Crippen LogP contribution is 2.25. The number of aromatic nitrogens is 1.